The molecule has 0 radical (unpaired) electrons. The summed E-state index contributed by atoms with van der Waals surface area (Å²) in [7, 11) is -5.33. The SMILES string of the molecule is C=CC(C(=O)[O-])C(Cc1ccccc1)(C(=O)[O-])S(=O)(=O)O.[Na+].[Na+]. The van der Waals surface area contributed by atoms with Crippen LogP contribution in [-0.4, -0.2) is 29.7 Å². The maximum absolute atomic E-state index is 11.6. The number of carbonyl (C=O) groups excluding carboxylic acids is 2. The molecule has 2 unspecified atom stereocenters. The normalized spacial score (nSPS) is 14.3. The van der Waals surface area contributed by atoms with Crippen LogP contribution in [0.4, 0.5) is 0 Å². The zero-order valence-corrected chi connectivity index (χ0v) is 17.6. The minimum absolute atomic E-state index is 0. The summed E-state index contributed by atoms with van der Waals surface area (Å²) < 4.78 is 29.4. The van der Waals surface area contributed by atoms with Crippen LogP contribution >= 0.6 is 0 Å². The van der Waals surface area contributed by atoms with E-state index in [9.17, 15) is 32.8 Å². The standard InChI is InChI=1S/C13H14O7S.2Na/c1-2-10(11(14)15)13(12(16)17,21(18,19)20)8-9-6-4-3-5-7-9;;/h2-7,10H,1,8H2,(H,14,15)(H,16,17)(H,18,19,20);;/q;2*+1/p-2. The molecule has 1 aromatic carbocycles. The number of carboxylic acid groups (broad SMARTS) is 2. The molecule has 0 spiro atoms. The van der Waals surface area contributed by atoms with Gasteiger partial charge in [-0.05, 0) is 5.56 Å². The van der Waals surface area contributed by atoms with Gasteiger partial charge in [-0.1, -0.05) is 36.4 Å². The predicted octanol–water partition coefficient (Wildman–Crippen LogP) is -7.83. The van der Waals surface area contributed by atoms with Gasteiger partial charge in [0.15, 0.2) is 4.75 Å². The van der Waals surface area contributed by atoms with Gasteiger partial charge in [0.05, 0.1) is 11.9 Å². The molecule has 7 nitrogen and oxygen atoms in total. The summed E-state index contributed by atoms with van der Waals surface area (Å²) in [6.07, 6.45) is -0.221. The fourth-order valence-electron chi connectivity index (χ4n) is 2.04. The van der Waals surface area contributed by atoms with E-state index in [4.69, 9.17) is 0 Å². The van der Waals surface area contributed by atoms with Gasteiger partial charge in [-0.2, -0.15) is 8.42 Å². The van der Waals surface area contributed by atoms with Crippen LogP contribution in [0.5, 0.6) is 0 Å². The first-order valence-electron chi connectivity index (χ1n) is 5.72. The Morgan fingerprint density at radius 2 is 1.70 bits per heavy atom. The van der Waals surface area contributed by atoms with E-state index in [1.807, 2.05) is 0 Å². The average molecular weight is 358 g/mol. The van der Waals surface area contributed by atoms with Gasteiger partial charge >= 0.3 is 59.1 Å². The Morgan fingerprint density at radius 1 is 1.22 bits per heavy atom. The summed E-state index contributed by atoms with van der Waals surface area (Å²) in [5.41, 5.74) is 0.187. The maximum atomic E-state index is 11.6. The van der Waals surface area contributed by atoms with E-state index in [1.54, 1.807) is 6.07 Å². The Bertz CT molecular complexity index is 660. The summed E-state index contributed by atoms with van der Waals surface area (Å²) in [5.74, 6) is -6.43. The Hall–Kier alpha value is -0.190. The molecule has 1 rings (SSSR count). The number of carboxylic acids is 2. The van der Waals surface area contributed by atoms with Gasteiger partial charge in [0.2, 0.25) is 0 Å². The Labute approximate surface area is 178 Å². The molecule has 1 aromatic rings. The fourth-order valence-corrected chi connectivity index (χ4v) is 3.12. The van der Waals surface area contributed by atoms with Crippen LogP contribution in [0.3, 0.4) is 0 Å². The molecular weight excluding hydrogens is 346 g/mol. The topological polar surface area (TPSA) is 135 Å². The first-order valence-corrected chi connectivity index (χ1v) is 7.16. The molecule has 0 saturated heterocycles. The summed E-state index contributed by atoms with van der Waals surface area (Å²) in [6.45, 7) is 3.10. The second-order valence-electron chi connectivity index (χ2n) is 4.35. The number of aliphatic carboxylic acids is 2. The van der Waals surface area contributed by atoms with E-state index in [0.29, 0.717) is 6.08 Å². The molecule has 2 atom stereocenters. The molecule has 0 amide bonds. The van der Waals surface area contributed by atoms with Crippen molar-refractivity contribution < 1.29 is 91.9 Å². The van der Waals surface area contributed by atoms with Gasteiger partial charge in [0.1, 0.15) is 0 Å². The summed E-state index contributed by atoms with van der Waals surface area (Å²) >= 11 is 0. The van der Waals surface area contributed by atoms with E-state index < -0.39 is 39.1 Å². The third kappa shape index (κ3) is 5.40. The van der Waals surface area contributed by atoms with Gasteiger partial charge in [0, 0.05) is 12.3 Å². The second-order valence-corrected chi connectivity index (χ2v) is 6.03. The van der Waals surface area contributed by atoms with Gasteiger partial charge in [-0.3, -0.25) is 4.55 Å². The van der Waals surface area contributed by atoms with Crippen molar-refractivity contribution in [2.24, 2.45) is 5.92 Å². The molecule has 0 heterocycles. The number of rotatable bonds is 7. The zero-order valence-electron chi connectivity index (χ0n) is 12.8. The molecule has 114 valence electrons. The minimum Gasteiger partial charge on any atom is -0.549 e. The van der Waals surface area contributed by atoms with Gasteiger partial charge in [-0.25, -0.2) is 0 Å². The Balaban J connectivity index is 0. The van der Waals surface area contributed by atoms with E-state index in [1.165, 1.54) is 24.3 Å². The van der Waals surface area contributed by atoms with E-state index >= 15 is 0 Å². The molecule has 10 heteroatoms. The molecule has 23 heavy (non-hydrogen) atoms. The van der Waals surface area contributed by atoms with Crippen LogP contribution in [-0.2, 0) is 26.1 Å². The molecule has 0 aliphatic carbocycles. The minimum atomic E-state index is -5.33. The predicted molar refractivity (Wildman–Crippen MR) is 68.1 cm³/mol. The first kappa shape index (κ1) is 25.1. The monoisotopic (exact) mass is 358 g/mol. The Kier molecular flexibility index (Phi) is 10.8. The number of benzene rings is 1. The molecule has 0 bridgehead atoms. The van der Waals surface area contributed by atoms with Gasteiger partial charge < -0.3 is 19.8 Å². The quantitative estimate of drug-likeness (QED) is 0.291. The zero-order chi connectivity index (χ0) is 16.3. The van der Waals surface area contributed by atoms with Crippen LogP contribution < -0.4 is 69.3 Å². The van der Waals surface area contributed by atoms with Crippen LogP contribution in [0, 0.1) is 5.92 Å². The molecule has 0 aliphatic heterocycles. The largest absolute Gasteiger partial charge is 1.00 e. The second kappa shape index (κ2) is 9.95. The van der Waals surface area contributed by atoms with Crippen molar-refractivity contribution in [2.75, 3.05) is 0 Å². The molecule has 0 aliphatic rings. The Morgan fingerprint density at radius 3 is 2.00 bits per heavy atom. The fraction of sp³-hybridized carbons (Fsp3) is 0.231. The maximum Gasteiger partial charge on any atom is 1.00 e. The molecule has 0 saturated carbocycles. The van der Waals surface area contributed by atoms with Crippen molar-refractivity contribution in [3.05, 3.63) is 48.6 Å². The van der Waals surface area contributed by atoms with Crippen molar-refractivity contribution >= 4 is 22.1 Å². The molecule has 1 N–H and O–H groups in total. The summed E-state index contributed by atoms with van der Waals surface area (Å²) in [4.78, 5) is 22.5. The van der Waals surface area contributed by atoms with Gasteiger partial charge in [0.25, 0.3) is 10.1 Å². The number of hydrogen-bond acceptors (Lipinski definition) is 6. The smallest absolute Gasteiger partial charge is 0.549 e. The van der Waals surface area contributed by atoms with E-state index in [-0.39, 0.29) is 64.7 Å². The van der Waals surface area contributed by atoms with Crippen LogP contribution in [0.2, 0.25) is 0 Å². The van der Waals surface area contributed by atoms with Crippen molar-refractivity contribution in [2.45, 2.75) is 11.2 Å². The van der Waals surface area contributed by atoms with Gasteiger partial charge in [-0.15, -0.1) is 6.58 Å². The number of carbonyl (C=O) groups is 2. The molecule has 0 aromatic heterocycles. The van der Waals surface area contributed by atoms with Crippen molar-refractivity contribution in [1.29, 1.82) is 0 Å². The van der Waals surface area contributed by atoms with Crippen molar-refractivity contribution in [3.63, 3.8) is 0 Å². The van der Waals surface area contributed by atoms with Crippen molar-refractivity contribution in [1.82, 2.24) is 0 Å². The first-order chi connectivity index (χ1) is 9.66. The van der Waals surface area contributed by atoms with Crippen molar-refractivity contribution in [3.8, 4) is 0 Å². The van der Waals surface area contributed by atoms with Crippen LogP contribution in [0.25, 0.3) is 0 Å². The van der Waals surface area contributed by atoms with Crippen LogP contribution in [0.15, 0.2) is 43.0 Å². The summed E-state index contributed by atoms with van der Waals surface area (Å²) in [5, 5.41) is 22.5. The van der Waals surface area contributed by atoms with E-state index in [2.05, 4.69) is 6.58 Å². The summed E-state index contributed by atoms with van der Waals surface area (Å²) in [6, 6.07) is 7.38. The van der Waals surface area contributed by atoms with Crippen LogP contribution in [0.1, 0.15) is 5.56 Å². The third-order valence-corrected chi connectivity index (χ3v) is 4.59. The van der Waals surface area contributed by atoms with E-state index in [0.717, 1.165) is 0 Å². The third-order valence-electron chi connectivity index (χ3n) is 3.11. The molecular formula is C13H12Na2O7S. The average Bonchev–Trinajstić information content (AvgIpc) is 2.37. The molecule has 0 fully saturated rings. The number of hydrogen-bond donors (Lipinski definition) is 1.